The maximum absolute atomic E-state index is 10.7. The predicted octanol–water partition coefficient (Wildman–Crippen LogP) is 1.10. The van der Waals surface area contributed by atoms with Gasteiger partial charge in [0.15, 0.2) is 0 Å². The second-order valence-corrected chi connectivity index (χ2v) is 3.59. The molecule has 3 nitrogen and oxygen atoms in total. The molecule has 2 N–H and O–H groups in total. The second kappa shape index (κ2) is 4.45. The number of rotatable bonds is 2. The molecule has 2 atom stereocenters. The highest BCUT2D eigenvalue weighted by molar-refractivity contribution is 5.69. The van der Waals surface area contributed by atoms with E-state index in [1.54, 1.807) is 6.92 Å². The van der Waals surface area contributed by atoms with Gasteiger partial charge in [0.1, 0.15) is 0 Å². The van der Waals surface area contributed by atoms with Gasteiger partial charge in [-0.1, -0.05) is 13.3 Å². The van der Waals surface area contributed by atoms with Gasteiger partial charge in [-0.25, -0.2) is 0 Å². The van der Waals surface area contributed by atoms with Crippen LogP contribution in [0.5, 0.6) is 0 Å². The molecule has 70 valence electrons. The highest BCUT2D eigenvalue weighted by Crippen LogP contribution is 2.19. The second-order valence-electron chi connectivity index (χ2n) is 3.59. The van der Waals surface area contributed by atoms with E-state index in [9.17, 15) is 4.79 Å². The Morgan fingerprint density at radius 3 is 3.00 bits per heavy atom. The lowest BCUT2D eigenvalue weighted by atomic mass is 9.90. The van der Waals surface area contributed by atoms with E-state index in [-0.39, 0.29) is 5.92 Å². The summed E-state index contributed by atoms with van der Waals surface area (Å²) in [5.41, 5.74) is 0. The van der Waals surface area contributed by atoms with Gasteiger partial charge >= 0.3 is 5.97 Å². The van der Waals surface area contributed by atoms with Crippen LogP contribution in [0.15, 0.2) is 0 Å². The van der Waals surface area contributed by atoms with Crippen LogP contribution in [-0.4, -0.2) is 24.2 Å². The van der Waals surface area contributed by atoms with Crippen molar-refractivity contribution in [3.8, 4) is 0 Å². The molecule has 1 rings (SSSR count). The number of hydrogen-bond donors (Lipinski definition) is 2. The van der Waals surface area contributed by atoms with Crippen LogP contribution in [-0.2, 0) is 4.79 Å². The monoisotopic (exact) mass is 171 g/mol. The van der Waals surface area contributed by atoms with Crippen molar-refractivity contribution < 1.29 is 9.90 Å². The highest BCUT2D eigenvalue weighted by Gasteiger charge is 2.23. The first-order valence-corrected chi connectivity index (χ1v) is 4.65. The van der Waals surface area contributed by atoms with Crippen molar-refractivity contribution >= 4 is 5.97 Å². The molecule has 1 aliphatic heterocycles. The largest absolute Gasteiger partial charge is 0.481 e. The van der Waals surface area contributed by atoms with Crippen molar-refractivity contribution in [1.29, 1.82) is 0 Å². The topological polar surface area (TPSA) is 49.3 Å². The molecular weight excluding hydrogens is 154 g/mol. The number of carboxylic acids is 1. The molecule has 0 saturated carbocycles. The van der Waals surface area contributed by atoms with Crippen LogP contribution in [0.1, 0.15) is 26.2 Å². The summed E-state index contributed by atoms with van der Waals surface area (Å²) in [6.07, 6.45) is 3.40. The van der Waals surface area contributed by atoms with Gasteiger partial charge in [-0.15, -0.1) is 0 Å². The molecule has 0 aromatic carbocycles. The Bertz CT molecular complexity index is 151. The Morgan fingerprint density at radius 1 is 1.58 bits per heavy atom. The zero-order chi connectivity index (χ0) is 8.97. The third-order valence-electron chi connectivity index (χ3n) is 2.68. The fraction of sp³-hybridized carbons (Fsp3) is 0.889. The first-order valence-electron chi connectivity index (χ1n) is 4.65. The van der Waals surface area contributed by atoms with Gasteiger partial charge in [-0.2, -0.15) is 0 Å². The summed E-state index contributed by atoms with van der Waals surface area (Å²) < 4.78 is 0. The van der Waals surface area contributed by atoms with Crippen LogP contribution in [0, 0.1) is 11.8 Å². The minimum atomic E-state index is -0.663. The molecular formula is C9H17NO2. The van der Waals surface area contributed by atoms with Crippen LogP contribution >= 0.6 is 0 Å². The van der Waals surface area contributed by atoms with Gasteiger partial charge in [-0.3, -0.25) is 4.79 Å². The molecule has 0 amide bonds. The summed E-state index contributed by atoms with van der Waals surface area (Å²) in [6.45, 7) is 3.72. The van der Waals surface area contributed by atoms with E-state index in [0.717, 1.165) is 25.9 Å². The minimum absolute atomic E-state index is 0.199. The van der Waals surface area contributed by atoms with Crippen molar-refractivity contribution in [1.82, 2.24) is 5.32 Å². The normalized spacial score (nSPS) is 27.6. The first kappa shape index (κ1) is 9.52. The SMILES string of the molecule is CC(C(=O)O)C1CCCCNC1. The Morgan fingerprint density at radius 2 is 2.33 bits per heavy atom. The van der Waals surface area contributed by atoms with Crippen LogP contribution < -0.4 is 5.32 Å². The molecule has 12 heavy (non-hydrogen) atoms. The summed E-state index contributed by atoms with van der Waals surface area (Å²) in [5, 5.41) is 12.1. The Balaban J connectivity index is 2.42. The third kappa shape index (κ3) is 2.48. The van der Waals surface area contributed by atoms with Crippen LogP contribution in [0.4, 0.5) is 0 Å². The third-order valence-corrected chi connectivity index (χ3v) is 2.68. The van der Waals surface area contributed by atoms with Crippen molar-refractivity contribution in [2.75, 3.05) is 13.1 Å². The maximum Gasteiger partial charge on any atom is 0.306 e. The molecule has 1 fully saturated rings. The van der Waals surface area contributed by atoms with Gasteiger partial charge in [0.2, 0.25) is 0 Å². The Labute approximate surface area is 73.2 Å². The van der Waals surface area contributed by atoms with Crippen molar-refractivity contribution in [2.45, 2.75) is 26.2 Å². The van der Waals surface area contributed by atoms with E-state index in [4.69, 9.17) is 5.11 Å². The van der Waals surface area contributed by atoms with Gasteiger partial charge in [0.25, 0.3) is 0 Å². The first-order chi connectivity index (χ1) is 5.72. The molecule has 0 bridgehead atoms. The van der Waals surface area contributed by atoms with E-state index in [0.29, 0.717) is 5.92 Å². The van der Waals surface area contributed by atoms with E-state index in [1.807, 2.05) is 0 Å². The fourth-order valence-electron chi connectivity index (χ4n) is 1.67. The van der Waals surface area contributed by atoms with Gasteiger partial charge in [0.05, 0.1) is 5.92 Å². The van der Waals surface area contributed by atoms with Crippen LogP contribution in [0.2, 0.25) is 0 Å². The van der Waals surface area contributed by atoms with Gasteiger partial charge in [0, 0.05) is 0 Å². The molecule has 0 aromatic heterocycles. The van der Waals surface area contributed by atoms with E-state index in [1.165, 1.54) is 6.42 Å². The highest BCUT2D eigenvalue weighted by atomic mass is 16.4. The quantitative estimate of drug-likeness (QED) is 0.654. The summed E-state index contributed by atoms with van der Waals surface area (Å²) in [7, 11) is 0. The molecule has 3 heteroatoms. The molecule has 2 unspecified atom stereocenters. The zero-order valence-corrected chi connectivity index (χ0v) is 7.55. The van der Waals surface area contributed by atoms with Gasteiger partial charge in [-0.05, 0) is 31.8 Å². The fourth-order valence-corrected chi connectivity index (χ4v) is 1.67. The lowest BCUT2D eigenvalue weighted by Crippen LogP contribution is -2.29. The molecule has 1 saturated heterocycles. The minimum Gasteiger partial charge on any atom is -0.481 e. The average molecular weight is 171 g/mol. The number of nitrogens with one attached hydrogen (secondary N) is 1. The lowest BCUT2D eigenvalue weighted by Gasteiger charge is -2.18. The van der Waals surface area contributed by atoms with Crippen molar-refractivity contribution in [3.05, 3.63) is 0 Å². The maximum atomic E-state index is 10.7. The van der Waals surface area contributed by atoms with Crippen LogP contribution in [0.3, 0.4) is 0 Å². The average Bonchev–Trinajstić information content (AvgIpc) is 2.30. The smallest absolute Gasteiger partial charge is 0.306 e. The number of hydrogen-bond acceptors (Lipinski definition) is 2. The summed E-state index contributed by atoms with van der Waals surface area (Å²) in [5.74, 6) is -0.538. The Kier molecular flexibility index (Phi) is 3.53. The molecule has 1 heterocycles. The molecule has 0 spiro atoms. The van der Waals surface area contributed by atoms with Crippen molar-refractivity contribution in [2.24, 2.45) is 11.8 Å². The van der Waals surface area contributed by atoms with Crippen LogP contribution in [0.25, 0.3) is 0 Å². The number of carboxylic acid groups (broad SMARTS) is 1. The zero-order valence-electron chi connectivity index (χ0n) is 7.55. The van der Waals surface area contributed by atoms with E-state index >= 15 is 0 Å². The Hall–Kier alpha value is -0.570. The molecule has 0 aromatic rings. The summed E-state index contributed by atoms with van der Waals surface area (Å²) in [6, 6.07) is 0. The van der Waals surface area contributed by atoms with E-state index < -0.39 is 5.97 Å². The number of carbonyl (C=O) groups is 1. The van der Waals surface area contributed by atoms with Crippen molar-refractivity contribution in [3.63, 3.8) is 0 Å². The van der Waals surface area contributed by atoms with Gasteiger partial charge < -0.3 is 10.4 Å². The molecule has 0 aliphatic carbocycles. The number of aliphatic carboxylic acids is 1. The predicted molar refractivity (Wildman–Crippen MR) is 47.0 cm³/mol. The standard InChI is InChI=1S/C9H17NO2/c1-7(9(11)12)8-4-2-3-5-10-6-8/h7-8,10H,2-6H2,1H3,(H,11,12). The summed E-state index contributed by atoms with van der Waals surface area (Å²) >= 11 is 0. The molecule has 1 aliphatic rings. The summed E-state index contributed by atoms with van der Waals surface area (Å²) in [4.78, 5) is 10.7. The lowest BCUT2D eigenvalue weighted by molar-refractivity contribution is -0.142. The molecule has 0 radical (unpaired) electrons. The van der Waals surface area contributed by atoms with E-state index in [2.05, 4.69) is 5.32 Å².